The van der Waals surface area contributed by atoms with E-state index in [1.54, 1.807) is 0 Å². The van der Waals surface area contributed by atoms with E-state index in [1.165, 1.54) is 57.8 Å². The van der Waals surface area contributed by atoms with Crippen LogP contribution in [0.5, 0.6) is 0 Å². The van der Waals surface area contributed by atoms with E-state index in [4.69, 9.17) is 0 Å². The smallest absolute Gasteiger partial charge is 0.870 e. The summed E-state index contributed by atoms with van der Waals surface area (Å²) in [5.41, 5.74) is 0. The Kier molecular flexibility index (Phi) is 14.0. The van der Waals surface area contributed by atoms with Gasteiger partial charge in [-0.05, 0) is 0 Å². The molecule has 0 aliphatic heterocycles. The molecule has 1 unspecified atom stereocenters. The van der Waals surface area contributed by atoms with E-state index in [1.807, 2.05) is 0 Å². The van der Waals surface area contributed by atoms with Gasteiger partial charge in [-0.3, -0.25) is 0 Å². The van der Waals surface area contributed by atoms with Crippen molar-refractivity contribution in [2.24, 2.45) is 5.92 Å². The van der Waals surface area contributed by atoms with Crippen LogP contribution in [0.3, 0.4) is 0 Å². The number of unbranched alkanes of at least 4 members (excludes halogenated alkanes) is 7. The van der Waals surface area contributed by atoms with E-state index in [0.717, 1.165) is 28.9 Å². The van der Waals surface area contributed by atoms with Gasteiger partial charge < -0.3 is 5.48 Å². The van der Waals surface area contributed by atoms with E-state index in [-0.39, 0.29) is 5.48 Å². The third-order valence-corrected chi connectivity index (χ3v) is 5.81. The number of hydrogen-bond donors (Lipinski definition) is 0. The van der Waals surface area contributed by atoms with Gasteiger partial charge in [0.15, 0.2) is 0 Å². The molecule has 1 atom stereocenters. The van der Waals surface area contributed by atoms with E-state index in [9.17, 15) is 0 Å². The van der Waals surface area contributed by atoms with Crippen LogP contribution >= 0.6 is 0 Å². The predicted octanol–water partition coefficient (Wildman–Crippen LogP) is 4.54. The average molecular weight is 353 g/mol. The predicted molar refractivity (Wildman–Crippen MR) is 82.3 cm³/mol. The SMILES string of the molecule is CCCCCCCCCCC(C)[C](C)(C)[SbH3+].[OH-]. The van der Waals surface area contributed by atoms with Crippen molar-refractivity contribution in [1.82, 2.24) is 0 Å². The molecule has 0 aromatic rings. The van der Waals surface area contributed by atoms with E-state index in [2.05, 4.69) is 27.7 Å². The van der Waals surface area contributed by atoms with Gasteiger partial charge in [-0.15, -0.1) is 0 Å². The first-order valence-electron chi connectivity index (χ1n) is 7.33. The molecule has 1 N–H and O–H groups in total. The fourth-order valence-corrected chi connectivity index (χ4v) is 2.56. The topological polar surface area (TPSA) is 30.0 Å². The zero-order chi connectivity index (χ0) is 12.4. The fourth-order valence-electron chi connectivity index (χ4n) is 1.98. The minimum Gasteiger partial charge on any atom is -0.870 e. The van der Waals surface area contributed by atoms with Crippen LogP contribution in [0.25, 0.3) is 0 Å². The summed E-state index contributed by atoms with van der Waals surface area (Å²) in [7, 11) is 0. The third kappa shape index (κ3) is 13.0. The van der Waals surface area contributed by atoms with Gasteiger partial charge in [-0.25, -0.2) is 0 Å². The molecule has 0 spiro atoms. The summed E-state index contributed by atoms with van der Waals surface area (Å²) in [6.45, 7) is 9.61. The Morgan fingerprint density at radius 1 is 0.882 bits per heavy atom. The molecule has 106 valence electrons. The Bertz CT molecular complexity index is 151. The van der Waals surface area contributed by atoms with Gasteiger partial charge in [-0.1, -0.05) is 0 Å². The van der Waals surface area contributed by atoms with E-state index < -0.39 is 0 Å². The third-order valence-electron chi connectivity index (χ3n) is 3.82. The summed E-state index contributed by atoms with van der Waals surface area (Å²) >= 11 is 1.10. The second-order valence-corrected chi connectivity index (χ2v) is 11.4. The molecule has 0 aromatic heterocycles. The summed E-state index contributed by atoms with van der Waals surface area (Å²) in [5, 5.41) is 0. The average Bonchev–Trinajstić information content (AvgIpc) is 2.20. The second kappa shape index (κ2) is 11.8. The van der Waals surface area contributed by atoms with E-state index in [0.29, 0.717) is 3.36 Å². The van der Waals surface area contributed by atoms with Crippen LogP contribution < -0.4 is 0 Å². The normalized spacial score (nSPS) is 13.4. The van der Waals surface area contributed by atoms with Crippen LogP contribution in [0.15, 0.2) is 0 Å². The molecule has 17 heavy (non-hydrogen) atoms. The Hall–Kier alpha value is 0.778. The van der Waals surface area contributed by atoms with Crippen molar-refractivity contribution in [3.63, 3.8) is 0 Å². The van der Waals surface area contributed by atoms with Gasteiger partial charge in [0.2, 0.25) is 0 Å². The van der Waals surface area contributed by atoms with Crippen molar-refractivity contribution in [2.45, 2.75) is 88.8 Å². The Morgan fingerprint density at radius 2 is 1.29 bits per heavy atom. The maximum atomic E-state index is 2.45. The summed E-state index contributed by atoms with van der Waals surface area (Å²) in [6, 6.07) is 0. The monoisotopic (exact) mass is 352 g/mol. The zero-order valence-corrected chi connectivity index (χ0v) is 16.6. The first-order valence-corrected chi connectivity index (χ1v) is 9.35. The fraction of sp³-hybridized carbons (Fsp3) is 1.00. The molecule has 0 aliphatic carbocycles. The zero-order valence-electron chi connectivity index (χ0n) is 12.6. The van der Waals surface area contributed by atoms with Gasteiger partial charge in [0.25, 0.3) is 0 Å². The molecule has 2 heteroatoms. The summed E-state index contributed by atoms with van der Waals surface area (Å²) in [5.74, 6) is 0.944. The molecular formula is C15H35OSb. The van der Waals surface area contributed by atoms with Crippen molar-refractivity contribution in [2.75, 3.05) is 0 Å². The van der Waals surface area contributed by atoms with Crippen molar-refractivity contribution in [1.29, 1.82) is 0 Å². The molecule has 0 amide bonds. The molecule has 0 heterocycles. The van der Waals surface area contributed by atoms with Crippen LogP contribution in [-0.2, 0) is 0 Å². The molecule has 0 fully saturated rings. The van der Waals surface area contributed by atoms with Gasteiger partial charge in [0.05, 0.1) is 0 Å². The standard InChI is InChI=1S/C15H31.H2O.Sb.3H/c1-5-6-7-8-9-10-11-12-13-15(4)14(2)3;;;;;/h15H,5-13H2,1-4H3;1H2;;;;/q;;+1;;;/p-1. The van der Waals surface area contributed by atoms with Crippen LogP contribution in [0.1, 0.15) is 85.5 Å². The summed E-state index contributed by atoms with van der Waals surface area (Å²) < 4.78 is 0.671. The van der Waals surface area contributed by atoms with Crippen LogP contribution in [0.2, 0.25) is 3.36 Å². The first kappa shape index (κ1) is 20.1. The summed E-state index contributed by atoms with van der Waals surface area (Å²) in [6.07, 6.45) is 13.1. The molecule has 0 bridgehead atoms. The van der Waals surface area contributed by atoms with Crippen LogP contribution in [0.4, 0.5) is 0 Å². The van der Waals surface area contributed by atoms with Crippen molar-refractivity contribution in [3.05, 3.63) is 0 Å². The Labute approximate surface area is 123 Å². The minimum absolute atomic E-state index is 0. The molecule has 0 saturated heterocycles. The Morgan fingerprint density at radius 3 is 1.71 bits per heavy atom. The van der Waals surface area contributed by atoms with Gasteiger partial charge in [0.1, 0.15) is 0 Å². The van der Waals surface area contributed by atoms with Crippen LogP contribution in [0, 0.1) is 5.92 Å². The number of hydrogen-bond acceptors (Lipinski definition) is 1. The van der Waals surface area contributed by atoms with Crippen molar-refractivity contribution < 1.29 is 5.48 Å². The van der Waals surface area contributed by atoms with Crippen molar-refractivity contribution in [3.8, 4) is 0 Å². The molecular weight excluding hydrogens is 318 g/mol. The largest absolute Gasteiger partial charge is 0.870 e. The molecule has 0 saturated carbocycles. The maximum Gasteiger partial charge on any atom is -0.870 e. The molecule has 1 nitrogen and oxygen atoms in total. The minimum atomic E-state index is 0. The quantitative estimate of drug-likeness (QED) is 0.419. The molecule has 0 aliphatic rings. The van der Waals surface area contributed by atoms with Crippen LogP contribution in [-0.4, -0.2) is 28.5 Å². The maximum absolute atomic E-state index is 2.45. The second-order valence-electron chi connectivity index (χ2n) is 6.15. The first-order chi connectivity index (χ1) is 7.48. The summed E-state index contributed by atoms with van der Waals surface area (Å²) in [4.78, 5) is 0. The molecule has 0 aromatic carbocycles. The van der Waals surface area contributed by atoms with Gasteiger partial charge in [-0.2, -0.15) is 0 Å². The molecule has 0 radical (unpaired) electrons. The molecule has 0 rings (SSSR count). The van der Waals surface area contributed by atoms with Gasteiger partial charge >= 0.3 is 118 Å². The van der Waals surface area contributed by atoms with Gasteiger partial charge in [0, 0.05) is 0 Å². The van der Waals surface area contributed by atoms with E-state index >= 15 is 0 Å². The number of rotatable bonds is 10. The Balaban J connectivity index is 0. The van der Waals surface area contributed by atoms with Crippen molar-refractivity contribution >= 4 is 23.0 Å².